The number of nitrogens with one attached hydrogen (secondary N) is 1. The summed E-state index contributed by atoms with van der Waals surface area (Å²) in [5.74, 6) is -1.04. The summed E-state index contributed by atoms with van der Waals surface area (Å²) >= 11 is 6.10. The maximum Gasteiger partial charge on any atom is 0.272 e. The van der Waals surface area contributed by atoms with Crippen molar-refractivity contribution in [2.45, 2.75) is 12.8 Å². The van der Waals surface area contributed by atoms with Crippen molar-refractivity contribution in [1.29, 1.82) is 0 Å². The summed E-state index contributed by atoms with van der Waals surface area (Å²) in [5, 5.41) is 4.59. The standard InChI is InChI=1S/C19H15ClN4O2/c20-15-8-4-3-7-13(15)19(26)23-24-17-12-6-2-1-5-11(12)9-10-14(17)16(22-24)18(21)25/h1-8H,9-10H2,(H2,21,25)(H,23,26). The van der Waals surface area contributed by atoms with Gasteiger partial charge in [0.1, 0.15) is 0 Å². The highest BCUT2D eigenvalue weighted by atomic mass is 35.5. The number of carbonyl (C=O) groups excluding carboxylic acids is 2. The molecule has 130 valence electrons. The Kier molecular flexibility index (Phi) is 3.97. The van der Waals surface area contributed by atoms with Crippen LogP contribution in [-0.4, -0.2) is 21.7 Å². The number of fused-ring (bicyclic) bond motifs is 3. The van der Waals surface area contributed by atoms with E-state index in [4.69, 9.17) is 17.3 Å². The van der Waals surface area contributed by atoms with Crippen molar-refractivity contribution in [3.05, 3.63) is 75.9 Å². The van der Waals surface area contributed by atoms with Crippen molar-refractivity contribution >= 4 is 23.4 Å². The van der Waals surface area contributed by atoms with Crippen LogP contribution in [0.2, 0.25) is 5.02 Å². The van der Waals surface area contributed by atoms with Gasteiger partial charge in [0, 0.05) is 11.1 Å². The Balaban J connectivity index is 1.82. The minimum Gasteiger partial charge on any atom is -0.364 e. The lowest BCUT2D eigenvalue weighted by Crippen LogP contribution is -2.26. The fourth-order valence-corrected chi connectivity index (χ4v) is 3.50. The molecule has 0 atom stereocenters. The van der Waals surface area contributed by atoms with E-state index in [0.717, 1.165) is 23.1 Å². The van der Waals surface area contributed by atoms with E-state index in [2.05, 4.69) is 10.5 Å². The number of halogens is 1. The second-order valence-corrected chi connectivity index (χ2v) is 6.44. The third-order valence-electron chi connectivity index (χ3n) is 4.46. The first-order valence-corrected chi connectivity index (χ1v) is 8.50. The van der Waals surface area contributed by atoms with Crippen LogP contribution in [0.5, 0.6) is 0 Å². The Morgan fingerprint density at radius 1 is 1.08 bits per heavy atom. The molecule has 1 heterocycles. The van der Waals surface area contributed by atoms with Gasteiger partial charge in [0.15, 0.2) is 5.69 Å². The van der Waals surface area contributed by atoms with Gasteiger partial charge in [-0.05, 0) is 30.5 Å². The molecule has 0 unspecified atom stereocenters. The fourth-order valence-electron chi connectivity index (χ4n) is 3.27. The number of aryl methyl sites for hydroxylation is 1. The molecule has 6 nitrogen and oxygen atoms in total. The van der Waals surface area contributed by atoms with Crippen LogP contribution >= 0.6 is 11.6 Å². The van der Waals surface area contributed by atoms with Gasteiger partial charge in [-0.25, -0.2) is 5.43 Å². The average Bonchev–Trinajstić information content (AvgIpc) is 3.01. The molecule has 0 fully saturated rings. The van der Waals surface area contributed by atoms with Crippen LogP contribution in [0.1, 0.15) is 32.0 Å². The lowest BCUT2D eigenvalue weighted by molar-refractivity contribution is 0.0983. The molecule has 0 radical (unpaired) electrons. The summed E-state index contributed by atoms with van der Waals surface area (Å²) in [7, 11) is 0. The SMILES string of the molecule is NC(=O)c1nn(NC(=O)c2ccccc2Cl)c2c1CCc1ccccc1-2. The summed E-state index contributed by atoms with van der Waals surface area (Å²) in [6, 6.07) is 14.6. The van der Waals surface area contributed by atoms with Crippen molar-refractivity contribution in [1.82, 2.24) is 9.89 Å². The zero-order valence-corrected chi connectivity index (χ0v) is 14.5. The highest BCUT2D eigenvalue weighted by molar-refractivity contribution is 6.34. The number of hydrogen-bond donors (Lipinski definition) is 2. The van der Waals surface area contributed by atoms with E-state index < -0.39 is 11.8 Å². The predicted molar refractivity (Wildman–Crippen MR) is 98.7 cm³/mol. The van der Waals surface area contributed by atoms with Crippen molar-refractivity contribution in [2.24, 2.45) is 5.73 Å². The van der Waals surface area contributed by atoms with Gasteiger partial charge >= 0.3 is 0 Å². The van der Waals surface area contributed by atoms with Crippen LogP contribution in [-0.2, 0) is 12.8 Å². The van der Waals surface area contributed by atoms with Crippen LogP contribution < -0.4 is 11.2 Å². The maximum absolute atomic E-state index is 12.6. The molecule has 1 aliphatic carbocycles. The maximum atomic E-state index is 12.6. The van der Waals surface area contributed by atoms with Gasteiger partial charge in [-0.3, -0.25) is 9.59 Å². The highest BCUT2D eigenvalue weighted by Crippen LogP contribution is 2.34. The van der Waals surface area contributed by atoms with Crippen molar-refractivity contribution in [3.63, 3.8) is 0 Å². The molecule has 7 heteroatoms. The third kappa shape index (κ3) is 2.64. The average molecular weight is 367 g/mol. The van der Waals surface area contributed by atoms with E-state index in [9.17, 15) is 9.59 Å². The number of nitrogens with two attached hydrogens (primary N) is 1. The molecule has 3 N–H and O–H groups in total. The molecule has 3 aromatic rings. The van der Waals surface area contributed by atoms with E-state index in [-0.39, 0.29) is 5.69 Å². The van der Waals surface area contributed by atoms with E-state index >= 15 is 0 Å². The number of aromatic nitrogens is 2. The molecule has 1 aliphatic rings. The first-order valence-electron chi connectivity index (χ1n) is 8.12. The molecule has 1 aromatic heterocycles. The lowest BCUT2D eigenvalue weighted by Gasteiger charge is -2.18. The van der Waals surface area contributed by atoms with Crippen LogP contribution in [0, 0.1) is 0 Å². The molecule has 4 rings (SSSR count). The number of benzene rings is 2. The van der Waals surface area contributed by atoms with E-state index in [1.807, 2.05) is 24.3 Å². The van der Waals surface area contributed by atoms with Crippen molar-refractivity contribution < 1.29 is 9.59 Å². The van der Waals surface area contributed by atoms with Gasteiger partial charge in [0.25, 0.3) is 11.8 Å². The number of hydrogen-bond acceptors (Lipinski definition) is 3. The third-order valence-corrected chi connectivity index (χ3v) is 4.79. The second kappa shape index (κ2) is 6.31. The van der Waals surface area contributed by atoms with Gasteiger partial charge in [-0.2, -0.15) is 4.79 Å². The molecule has 0 saturated heterocycles. The summed E-state index contributed by atoms with van der Waals surface area (Å²) in [6.07, 6.45) is 1.42. The van der Waals surface area contributed by atoms with Crippen molar-refractivity contribution in [3.8, 4) is 11.3 Å². The summed E-state index contributed by atoms with van der Waals surface area (Å²) in [6.45, 7) is 0. The molecular weight excluding hydrogens is 352 g/mol. The molecule has 0 aliphatic heterocycles. The predicted octanol–water partition coefficient (Wildman–Crippen LogP) is 2.78. The van der Waals surface area contributed by atoms with Crippen LogP contribution in [0.15, 0.2) is 48.5 Å². The number of rotatable bonds is 3. The molecule has 0 spiro atoms. The normalized spacial score (nSPS) is 12.2. The molecule has 2 amide bonds. The number of nitrogens with zero attached hydrogens (tertiary/aromatic N) is 2. The van der Waals surface area contributed by atoms with Gasteiger partial charge in [0.05, 0.1) is 16.3 Å². The Morgan fingerprint density at radius 2 is 1.81 bits per heavy atom. The first-order chi connectivity index (χ1) is 12.6. The summed E-state index contributed by atoms with van der Waals surface area (Å²) in [5.41, 5.74) is 12.2. The Morgan fingerprint density at radius 3 is 2.58 bits per heavy atom. The summed E-state index contributed by atoms with van der Waals surface area (Å²) in [4.78, 5) is 25.8. The van der Waals surface area contributed by atoms with Crippen LogP contribution in [0.4, 0.5) is 0 Å². The topological polar surface area (TPSA) is 90.0 Å². The monoisotopic (exact) mass is 366 g/mol. The van der Waals surface area contributed by atoms with Gasteiger partial charge in [-0.15, -0.1) is 5.10 Å². The van der Waals surface area contributed by atoms with Crippen molar-refractivity contribution in [2.75, 3.05) is 5.43 Å². The molecule has 26 heavy (non-hydrogen) atoms. The molecule has 2 aromatic carbocycles. The van der Waals surface area contributed by atoms with E-state index in [0.29, 0.717) is 22.7 Å². The Bertz CT molecular complexity index is 1040. The largest absolute Gasteiger partial charge is 0.364 e. The minimum atomic E-state index is -0.619. The quantitative estimate of drug-likeness (QED) is 0.746. The highest BCUT2D eigenvalue weighted by Gasteiger charge is 2.28. The zero-order valence-electron chi connectivity index (χ0n) is 13.7. The number of carbonyl (C=O) groups is 2. The van der Waals surface area contributed by atoms with Gasteiger partial charge < -0.3 is 5.73 Å². The number of amides is 2. The molecule has 0 saturated carbocycles. The molecular formula is C19H15ClN4O2. The summed E-state index contributed by atoms with van der Waals surface area (Å²) < 4.78 is 0. The Hall–Kier alpha value is -3.12. The van der Waals surface area contributed by atoms with Crippen LogP contribution in [0.25, 0.3) is 11.3 Å². The second-order valence-electron chi connectivity index (χ2n) is 6.03. The lowest BCUT2D eigenvalue weighted by atomic mass is 9.89. The van der Waals surface area contributed by atoms with E-state index in [1.165, 1.54) is 4.79 Å². The van der Waals surface area contributed by atoms with E-state index in [1.54, 1.807) is 24.3 Å². The molecule has 0 bridgehead atoms. The fraction of sp³-hybridized carbons (Fsp3) is 0.105. The zero-order chi connectivity index (χ0) is 18.3. The van der Waals surface area contributed by atoms with Crippen LogP contribution in [0.3, 0.4) is 0 Å². The number of primary amides is 1. The Labute approximate surface area is 154 Å². The van der Waals surface area contributed by atoms with Gasteiger partial charge in [0.2, 0.25) is 0 Å². The van der Waals surface area contributed by atoms with Gasteiger partial charge in [-0.1, -0.05) is 48.0 Å². The smallest absolute Gasteiger partial charge is 0.272 e. The minimum absolute atomic E-state index is 0.175. The first kappa shape index (κ1) is 16.4.